The SMILES string of the molecule is CCOc1ncccc1NC(=O)NC[C@H]([C@@H]1CCOC1)N1CCCC1. The van der Waals surface area contributed by atoms with E-state index in [4.69, 9.17) is 9.47 Å². The highest BCUT2D eigenvalue weighted by molar-refractivity contribution is 5.90. The molecule has 138 valence electrons. The molecule has 7 nitrogen and oxygen atoms in total. The molecule has 7 heteroatoms. The molecule has 2 atom stereocenters. The third-order valence-corrected chi connectivity index (χ3v) is 4.89. The molecule has 2 saturated heterocycles. The Morgan fingerprint density at radius 2 is 2.32 bits per heavy atom. The number of ether oxygens (including phenoxy) is 2. The van der Waals surface area contributed by atoms with Crippen LogP contribution in [0.4, 0.5) is 10.5 Å². The molecule has 0 bridgehead atoms. The zero-order valence-electron chi connectivity index (χ0n) is 14.9. The Labute approximate surface area is 149 Å². The van der Waals surface area contributed by atoms with Gasteiger partial charge in [0, 0.05) is 31.3 Å². The summed E-state index contributed by atoms with van der Waals surface area (Å²) < 4.78 is 11.0. The van der Waals surface area contributed by atoms with Crippen LogP contribution in [0.5, 0.6) is 5.88 Å². The number of aromatic nitrogens is 1. The normalized spacial score (nSPS) is 21.9. The molecule has 25 heavy (non-hydrogen) atoms. The number of likely N-dealkylation sites (tertiary alicyclic amines) is 1. The number of nitrogens with one attached hydrogen (secondary N) is 2. The van der Waals surface area contributed by atoms with Crippen LogP contribution in [0.3, 0.4) is 0 Å². The predicted octanol–water partition coefficient (Wildman–Crippen LogP) is 2.10. The molecule has 3 heterocycles. The van der Waals surface area contributed by atoms with Crippen molar-refractivity contribution in [3.05, 3.63) is 18.3 Å². The van der Waals surface area contributed by atoms with Gasteiger partial charge in [0.05, 0.1) is 13.2 Å². The number of amides is 2. The minimum absolute atomic E-state index is 0.225. The Balaban J connectivity index is 1.56. The standard InChI is InChI=1S/C18H28N4O3/c1-2-25-17-15(6-5-8-19-17)21-18(23)20-12-16(14-7-11-24-13-14)22-9-3-4-10-22/h5-6,8,14,16H,2-4,7,9-13H2,1H3,(H2,20,21,23)/t14-,16-/m1/s1. The number of nitrogens with zero attached hydrogens (tertiary/aromatic N) is 2. The van der Waals surface area contributed by atoms with Crippen molar-refractivity contribution in [1.82, 2.24) is 15.2 Å². The average Bonchev–Trinajstić information content (AvgIpc) is 3.31. The number of anilines is 1. The number of hydrogen-bond acceptors (Lipinski definition) is 5. The lowest BCUT2D eigenvalue weighted by molar-refractivity contribution is 0.135. The van der Waals surface area contributed by atoms with Crippen LogP contribution in [0.15, 0.2) is 18.3 Å². The van der Waals surface area contributed by atoms with Crippen molar-refractivity contribution in [2.24, 2.45) is 5.92 Å². The first-order valence-electron chi connectivity index (χ1n) is 9.22. The number of pyridine rings is 1. The van der Waals surface area contributed by atoms with Crippen LogP contribution < -0.4 is 15.4 Å². The maximum atomic E-state index is 12.3. The Morgan fingerprint density at radius 1 is 1.48 bits per heavy atom. The third kappa shape index (κ3) is 4.83. The zero-order valence-corrected chi connectivity index (χ0v) is 14.9. The van der Waals surface area contributed by atoms with E-state index in [2.05, 4.69) is 20.5 Å². The van der Waals surface area contributed by atoms with Crippen molar-refractivity contribution in [1.29, 1.82) is 0 Å². The highest BCUT2D eigenvalue weighted by atomic mass is 16.5. The van der Waals surface area contributed by atoms with Crippen molar-refractivity contribution >= 4 is 11.7 Å². The maximum Gasteiger partial charge on any atom is 0.319 e. The molecule has 2 fully saturated rings. The number of hydrogen-bond donors (Lipinski definition) is 2. The summed E-state index contributed by atoms with van der Waals surface area (Å²) >= 11 is 0. The average molecular weight is 348 g/mol. The highest BCUT2D eigenvalue weighted by Gasteiger charge is 2.32. The van der Waals surface area contributed by atoms with Crippen molar-refractivity contribution in [2.75, 3.05) is 44.8 Å². The summed E-state index contributed by atoms with van der Waals surface area (Å²) in [6, 6.07) is 3.69. The third-order valence-electron chi connectivity index (χ3n) is 4.89. The van der Waals surface area contributed by atoms with Gasteiger partial charge in [0.15, 0.2) is 0 Å². The summed E-state index contributed by atoms with van der Waals surface area (Å²) in [6.45, 7) is 6.87. The van der Waals surface area contributed by atoms with Gasteiger partial charge in [-0.05, 0) is 51.4 Å². The van der Waals surface area contributed by atoms with E-state index in [9.17, 15) is 4.79 Å². The van der Waals surface area contributed by atoms with E-state index in [1.54, 1.807) is 18.3 Å². The number of carbonyl (C=O) groups excluding carboxylic acids is 1. The first kappa shape index (κ1) is 17.9. The molecule has 3 rings (SSSR count). The number of rotatable bonds is 7. The first-order valence-corrected chi connectivity index (χ1v) is 9.22. The van der Waals surface area contributed by atoms with Gasteiger partial charge in [-0.25, -0.2) is 9.78 Å². The second-order valence-electron chi connectivity index (χ2n) is 6.56. The second-order valence-corrected chi connectivity index (χ2v) is 6.56. The van der Waals surface area contributed by atoms with Gasteiger partial charge in [-0.1, -0.05) is 0 Å². The maximum absolute atomic E-state index is 12.3. The molecule has 2 aliphatic rings. The monoisotopic (exact) mass is 348 g/mol. The van der Waals surface area contributed by atoms with Crippen LogP contribution in [-0.4, -0.2) is 61.4 Å². The van der Waals surface area contributed by atoms with Crippen LogP contribution >= 0.6 is 0 Å². The van der Waals surface area contributed by atoms with E-state index in [0.717, 1.165) is 32.7 Å². The Hall–Kier alpha value is -1.86. The minimum Gasteiger partial charge on any atom is -0.476 e. The van der Waals surface area contributed by atoms with Gasteiger partial charge in [-0.3, -0.25) is 4.90 Å². The lowest BCUT2D eigenvalue weighted by Crippen LogP contribution is -2.48. The summed E-state index contributed by atoms with van der Waals surface area (Å²) in [4.78, 5) is 19.0. The number of urea groups is 1. The summed E-state index contributed by atoms with van der Waals surface area (Å²) in [7, 11) is 0. The Bertz CT molecular complexity index is 541. The Kier molecular flexibility index (Phi) is 6.47. The van der Waals surface area contributed by atoms with Gasteiger partial charge < -0.3 is 20.1 Å². The van der Waals surface area contributed by atoms with Gasteiger partial charge in [-0.15, -0.1) is 0 Å². The molecule has 1 aromatic heterocycles. The fraction of sp³-hybridized carbons (Fsp3) is 0.667. The van der Waals surface area contributed by atoms with Crippen LogP contribution in [0, 0.1) is 5.92 Å². The predicted molar refractivity (Wildman–Crippen MR) is 95.9 cm³/mol. The molecule has 1 aromatic rings. The van der Waals surface area contributed by atoms with E-state index >= 15 is 0 Å². The first-order chi connectivity index (χ1) is 12.3. The van der Waals surface area contributed by atoms with Gasteiger partial charge in [0.2, 0.25) is 5.88 Å². The van der Waals surface area contributed by atoms with Crippen molar-refractivity contribution in [3.8, 4) is 5.88 Å². The van der Waals surface area contributed by atoms with Gasteiger partial charge >= 0.3 is 6.03 Å². The molecule has 0 saturated carbocycles. The topological polar surface area (TPSA) is 75.7 Å². The summed E-state index contributed by atoms with van der Waals surface area (Å²) in [5, 5.41) is 5.87. The number of carbonyl (C=O) groups is 1. The van der Waals surface area contributed by atoms with E-state index in [1.165, 1.54) is 12.8 Å². The van der Waals surface area contributed by atoms with E-state index in [-0.39, 0.29) is 6.03 Å². The summed E-state index contributed by atoms with van der Waals surface area (Å²) in [6.07, 6.45) is 5.20. The molecule has 2 N–H and O–H groups in total. The van der Waals surface area contributed by atoms with Crippen molar-refractivity contribution < 1.29 is 14.3 Å². The molecule has 0 unspecified atom stereocenters. The van der Waals surface area contributed by atoms with Crippen molar-refractivity contribution in [2.45, 2.75) is 32.2 Å². The molecular weight excluding hydrogens is 320 g/mol. The van der Waals surface area contributed by atoms with Crippen LogP contribution in [0.1, 0.15) is 26.2 Å². The highest BCUT2D eigenvalue weighted by Crippen LogP contribution is 2.24. The summed E-state index contributed by atoms with van der Waals surface area (Å²) in [5.41, 5.74) is 0.587. The summed E-state index contributed by atoms with van der Waals surface area (Å²) in [5.74, 6) is 0.941. The van der Waals surface area contributed by atoms with Gasteiger partial charge in [-0.2, -0.15) is 0 Å². The molecule has 0 aromatic carbocycles. The zero-order chi connectivity index (χ0) is 17.5. The van der Waals surface area contributed by atoms with Crippen LogP contribution in [0.25, 0.3) is 0 Å². The molecule has 0 spiro atoms. The minimum atomic E-state index is -0.225. The van der Waals surface area contributed by atoms with Gasteiger partial charge in [0.1, 0.15) is 5.69 Å². The van der Waals surface area contributed by atoms with Crippen LogP contribution in [0.2, 0.25) is 0 Å². The van der Waals surface area contributed by atoms with Gasteiger partial charge in [0.25, 0.3) is 0 Å². The molecular formula is C18H28N4O3. The fourth-order valence-corrected chi connectivity index (χ4v) is 3.62. The fourth-order valence-electron chi connectivity index (χ4n) is 3.62. The molecule has 0 radical (unpaired) electrons. The Morgan fingerprint density at radius 3 is 3.04 bits per heavy atom. The van der Waals surface area contributed by atoms with E-state index in [0.29, 0.717) is 36.7 Å². The largest absolute Gasteiger partial charge is 0.476 e. The van der Waals surface area contributed by atoms with E-state index in [1.807, 2.05) is 6.92 Å². The van der Waals surface area contributed by atoms with E-state index < -0.39 is 0 Å². The van der Waals surface area contributed by atoms with Crippen LogP contribution in [-0.2, 0) is 4.74 Å². The quantitative estimate of drug-likeness (QED) is 0.789. The molecule has 2 amide bonds. The lowest BCUT2D eigenvalue weighted by Gasteiger charge is -2.32. The second kappa shape index (κ2) is 9.01. The molecule has 0 aliphatic carbocycles. The lowest BCUT2D eigenvalue weighted by atomic mass is 9.97. The molecule has 2 aliphatic heterocycles. The smallest absolute Gasteiger partial charge is 0.319 e. The van der Waals surface area contributed by atoms with Crippen molar-refractivity contribution in [3.63, 3.8) is 0 Å².